The SMILES string of the molecule is C[C@@H](SCc1ccccc1)C(=O)NCCCc1ccc(F)cc1. The number of nitrogens with one attached hydrogen (secondary N) is 1. The van der Waals surface area contributed by atoms with Crippen LogP contribution in [0.5, 0.6) is 0 Å². The first-order valence-electron chi connectivity index (χ1n) is 7.83. The number of hydrogen-bond acceptors (Lipinski definition) is 2. The Balaban J connectivity index is 1.63. The van der Waals surface area contributed by atoms with Crippen LogP contribution in [0.2, 0.25) is 0 Å². The second-order valence-electron chi connectivity index (χ2n) is 5.46. The van der Waals surface area contributed by atoms with Crippen molar-refractivity contribution in [1.29, 1.82) is 0 Å². The Hall–Kier alpha value is -1.81. The van der Waals surface area contributed by atoms with Gasteiger partial charge in [-0.25, -0.2) is 4.39 Å². The summed E-state index contributed by atoms with van der Waals surface area (Å²) in [5, 5.41) is 2.90. The van der Waals surface area contributed by atoms with Crippen LogP contribution >= 0.6 is 11.8 Å². The fourth-order valence-electron chi connectivity index (χ4n) is 2.17. The number of carbonyl (C=O) groups is 1. The summed E-state index contributed by atoms with van der Waals surface area (Å²) in [6.45, 7) is 2.58. The summed E-state index contributed by atoms with van der Waals surface area (Å²) in [5.41, 5.74) is 2.32. The van der Waals surface area contributed by atoms with Crippen molar-refractivity contribution in [2.24, 2.45) is 0 Å². The molecule has 2 aromatic rings. The van der Waals surface area contributed by atoms with Gasteiger partial charge in [-0.3, -0.25) is 4.79 Å². The molecule has 0 aliphatic rings. The molecular weight excluding hydrogens is 309 g/mol. The minimum absolute atomic E-state index is 0.0685. The van der Waals surface area contributed by atoms with E-state index in [0.29, 0.717) is 6.54 Å². The van der Waals surface area contributed by atoms with E-state index in [2.05, 4.69) is 17.4 Å². The lowest BCUT2D eigenvalue weighted by Crippen LogP contribution is -2.31. The zero-order valence-electron chi connectivity index (χ0n) is 13.3. The Morgan fingerprint density at radius 1 is 1.09 bits per heavy atom. The molecule has 0 unspecified atom stereocenters. The van der Waals surface area contributed by atoms with Gasteiger partial charge in [0, 0.05) is 12.3 Å². The molecule has 1 atom stereocenters. The highest BCUT2D eigenvalue weighted by Gasteiger charge is 2.12. The highest BCUT2D eigenvalue weighted by atomic mass is 32.2. The van der Waals surface area contributed by atoms with Gasteiger partial charge in [-0.05, 0) is 43.0 Å². The number of thioether (sulfide) groups is 1. The third kappa shape index (κ3) is 6.45. The van der Waals surface area contributed by atoms with Crippen LogP contribution in [0.4, 0.5) is 4.39 Å². The maximum absolute atomic E-state index is 12.8. The number of rotatable bonds is 8. The lowest BCUT2D eigenvalue weighted by Gasteiger charge is -2.12. The topological polar surface area (TPSA) is 29.1 Å². The van der Waals surface area contributed by atoms with Crippen molar-refractivity contribution in [1.82, 2.24) is 5.32 Å². The fraction of sp³-hybridized carbons (Fsp3) is 0.316. The minimum atomic E-state index is -0.216. The summed E-state index contributed by atoms with van der Waals surface area (Å²) >= 11 is 1.64. The number of aryl methyl sites for hydroxylation is 1. The van der Waals surface area contributed by atoms with E-state index in [1.165, 1.54) is 17.7 Å². The van der Waals surface area contributed by atoms with E-state index in [4.69, 9.17) is 0 Å². The molecule has 2 aromatic carbocycles. The van der Waals surface area contributed by atoms with Gasteiger partial charge in [0.05, 0.1) is 5.25 Å². The predicted molar refractivity (Wildman–Crippen MR) is 94.9 cm³/mol. The van der Waals surface area contributed by atoms with Gasteiger partial charge >= 0.3 is 0 Å². The molecule has 1 amide bonds. The second-order valence-corrected chi connectivity index (χ2v) is 6.79. The fourth-order valence-corrected chi connectivity index (χ4v) is 3.04. The van der Waals surface area contributed by atoms with E-state index in [9.17, 15) is 9.18 Å². The van der Waals surface area contributed by atoms with E-state index < -0.39 is 0 Å². The van der Waals surface area contributed by atoms with Gasteiger partial charge < -0.3 is 5.32 Å². The molecule has 0 spiro atoms. The van der Waals surface area contributed by atoms with Crippen molar-refractivity contribution >= 4 is 17.7 Å². The predicted octanol–water partition coefficient (Wildman–Crippen LogP) is 4.20. The summed E-state index contributed by atoms with van der Waals surface area (Å²) in [6, 6.07) is 16.7. The van der Waals surface area contributed by atoms with Crippen LogP contribution in [0.3, 0.4) is 0 Å². The Labute approximate surface area is 141 Å². The lowest BCUT2D eigenvalue weighted by atomic mass is 10.1. The van der Waals surface area contributed by atoms with Gasteiger partial charge in [0.15, 0.2) is 0 Å². The highest BCUT2D eigenvalue weighted by Crippen LogP contribution is 2.17. The number of halogens is 1. The number of hydrogen-bond donors (Lipinski definition) is 1. The zero-order valence-corrected chi connectivity index (χ0v) is 14.1. The molecule has 0 bridgehead atoms. The van der Waals surface area contributed by atoms with E-state index in [1.807, 2.05) is 25.1 Å². The Morgan fingerprint density at radius 2 is 1.78 bits per heavy atom. The molecule has 0 aromatic heterocycles. The van der Waals surface area contributed by atoms with Gasteiger partial charge in [0.1, 0.15) is 5.82 Å². The number of carbonyl (C=O) groups excluding carboxylic acids is 1. The van der Waals surface area contributed by atoms with Crippen LogP contribution in [-0.2, 0) is 17.0 Å². The number of benzene rings is 2. The third-order valence-electron chi connectivity index (χ3n) is 3.57. The molecule has 1 N–H and O–H groups in total. The molecule has 0 saturated carbocycles. The monoisotopic (exact) mass is 331 g/mol. The van der Waals surface area contributed by atoms with Crippen LogP contribution in [-0.4, -0.2) is 17.7 Å². The molecule has 2 rings (SSSR count). The second kappa shape index (κ2) is 9.36. The molecule has 0 saturated heterocycles. The van der Waals surface area contributed by atoms with Crippen LogP contribution in [0.1, 0.15) is 24.5 Å². The van der Waals surface area contributed by atoms with Crippen molar-refractivity contribution < 1.29 is 9.18 Å². The third-order valence-corrected chi connectivity index (χ3v) is 4.78. The first kappa shape index (κ1) is 17.5. The maximum atomic E-state index is 12.8. The summed E-state index contributed by atoms with van der Waals surface area (Å²) in [4.78, 5) is 12.0. The van der Waals surface area contributed by atoms with Crippen molar-refractivity contribution in [3.05, 3.63) is 71.5 Å². The van der Waals surface area contributed by atoms with Crippen molar-refractivity contribution in [2.75, 3.05) is 6.54 Å². The van der Waals surface area contributed by atoms with Gasteiger partial charge in [-0.15, -0.1) is 11.8 Å². The van der Waals surface area contributed by atoms with E-state index >= 15 is 0 Å². The smallest absolute Gasteiger partial charge is 0.232 e. The van der Waals surface area contributed by atoms with E-state index in [-0.39, 0.29) is 17.0 Å². The molecule has 23 heavy (non-hydrogen) atoms. The molecule has 0 heterocycles. The molecule has 0 aliphatic carbocycles. The molecule has 122 valence electrons. The summed E-state index contributed by atoms with van der Waals surface area (Å²) < 4.78 is 12.8. The summed E-state index contributed by atoms with van der Waals surface area (Å²) in [5.74, 6) is 0.696. The van der Waals surface area contributed by atoms with Crippen LogP contribution in [0.25, 0.3) is 0 Å². The first-order chi connectivity index (χ1) is 11.1. The zero-order chi connectivity index (χ0) is 16.5. The van der Waals surface area contributed by atoms with Crippen LogP contribution in [0.15, 0.2) is 54.6 Å². The molecule has 0 radical (unpaired) electrons. The first-order valence-corrected chi connectivity index (χ1v) is 8.87. The Kier molecular flexibility index (Phi) is 7.14. The molecule has 0 fully saturated rings. The largest absolute Gasteiger partial charge is 0.355 e. The summed E-state index contributed by atoms with van der Waals surface area (Å²) in [6.07, 6.45) is 1.69. The highest BCUT2D eigenvalue weighted by molar-refractivity contribution is 7.99. The molecule has 0 aliphatic heterocycles. The van der Waals surface area contributed by atoms with E-state index in [0.717, 1.165) is 24.2 Å². The molecule has 4 heteroatoms. The maximum Gasteiger partial charge on any atom is 0.232 e. The average Bonchev–Trinajstić information content (AvgIpc) is 2.59. The van der Waals surface area contributed by atoms with Gasteiger partial charge in [0.25, 0.3) is 0 Å². The van der Waals surface area contributed by atoms with Gasteiger partial charge in [0.2, 0.25) is 5.91 Å². The van der Waals surface area contributed by atoms with Crippen molar-refractivity contribution in [3.63, 3.8) is 0 Å². The minimum Gasteiger partial charge on any atom is -0.355 e. The Morgan fingerprint density at radius 3 is 2.48 bits per heavy atom. The van der Waals surface area contributed by atoms with E-state index in [1.54, 1.807) is 23.9 Å². The van der Waals surface area contributed by atoms with Crippen LogP contribution in [0, 0.1) is 5.82 Å². The van der Waals surface area contributed by atoms with Gasteiger partial charge in [-0.1, -0.05) is 42.5 Å². The van der Waals surface area contributed by atoms with Gasteiger partial charge in [-0.2, -0.15) is 0 Å². The Bertz CT molecular complexity index is 601. The normalized spacial score (nSPS) is 11.9. The van der Waals surface area contributed by atoms with Crippen LogP contribution < -0.4 is 5.32 Å². The summed E-state index contributed by atoms with van der Waals surface area (Å²) in [7, 11) is 0. The number of amides is 1. The average molecular weight is 331 g/mol. The lowest BCUT2D eigenvalue weighted by molar-refractivity contribution is -0.120. The standard InChI is InChI=1S/C19H22FNOS/c1-15(23-14-17-6-3-2-4-7-17)19(22)21-13-5-8-16-9-11-18(20)12-10-16/h2-4,6-7,9-12,15H,5,8,13-14H2,1H3,(H,21,22)/t15-/m1/s1. The molecule has 2 nitrogen and oxygen atoms in total. The quantitative estimate of drug-likeness (QED) is 0.735. The molecular formula is C19H22FNOS. The van der Waals surface area contributed by atoms with Crippen molar-refractivity contribution in [2.45, 2.75) is 30.8 Å². The van der Waals surface area contributed by atoms with Crippen molar-refractivity contribution in [3.8, 4) is 0 Å².